The number of tetrazole rings is 1. The van der Waals surface area contributed by atoms with Crippen molar-refractivity contribution in [2.24, 2.45) is 0 Å². The molecule has 0 aliphatic carbocycles. The summed E-state index contributed by atoms with van der Waals surface area (Å²) in [6.07, 6.45) is 4.39. The van der Waals surface area contributed by atoms with Crippen molar-refractivity contribution in [3.63, 3.8) is 0 Å². The van der Waals surface area contributed by atoms with E-state index in [2.05, 4.69) is 43.5 Å². The Labute approximate surface area is 181 Å². The molecule has 1 aliphatic rings. The van der Waals surface area contributed by atoms with Gasteiger partial charge in [-0.2, -0.15) is 4.80 Å². The van der Waals surface area contributed by atoms with Gasteiger partial charge in [0, 0.05) is 29.7 Å². The number of likely N-dealkylation sites (tertiary alicyclic amines) is 1. The van der Waals surface area contributed by atoms with Crippen molar-refractivity contribution in [2.75, 3.05) is 6.54 Å². The third-order valence-corrected chi connectivity index (χ3v) is 5.97. The van der Waals surface area contributed by atoms with Gasteiger partial charge in [-0.25, -0.2) is 0 Å². The molecule has 31 heavy (non-hydrogen) atoms. The molecule has 1 saturated heterocycles. The van der Waals surface area contributed by atoms with E-state index >= 15 is 0 Å². The van der Waals surface area contributed by atoms with Crippen LogP contribution in [-0.2, 0) is 11.3 Å². The first-order chi connectivity index (χ1) is 15.3. The summed E-state index contributed by atoms with van der Waals surface area (Å²) in [5.74, 6) is 0.814. The maximum absolute atomic E-state index is 13.1. The summed E-state index contributed by atoms with van der Waals surface area (Å²) in [4.78, 5) is 20.2. The summed E-state index contributed by atoms with van der Waals surface area (Å²) in [6, 6.07) is 20.4. The van der Waals surface area contributed by atoms with Gasteiger partial charge < -0.3 is 9.88 Å². The molecule has 4 aromatic rings. The molecule has 158 valence electrons. The molecular formula is C24H26N6O. The number of aromatic amines is 1. The molecule has 1 N–H and O–H groups in total. The number of nitrogens with one attached hydrogen (secondary N) is 1. The van der Waals surface area contributed by atoms with Crippen LogP contribution in [0, 0.1) is 0 Å². The third kappa shape index (κ3) is 4.21. The predicted octanol–water partition coefficient (Wildman–Crippen LogP) is 4.36. The number of piperidine rings is 1. The summed E-state index contributed by atoms with van der Waals surface area (Å²) < 4.78 is 0. The average Bonchev–Trinajstić information content (AvgIpc) is 3.47. The second-order valence-electron chi connectivity index (χ2n) is 8.09. The minimum Gasteiger partial charge on any atom is -0.357 e. The quantitative estimate of drug-likeness (QED) is 0.508. The molecule has 1 atom stereocenters. The Balaban J connectivity index is 1.21. The van der Waals surface area contributed by atoms with Crippen molar-refractivity contribution in [3.05, 3.63) is 66.4 Å². The smallest absolute Gasteiger partial charge is 0.223 e. The number of para-hydroxylation sites is 1. The van der Waals surface area contributed by atoms with E-state index in [0.717, 1.165) is 42.6 Å². The Morgan fingerprint density at radius 3 is 2.77 bits per heavy atom. The zero-order chi connectivity index (χ0) is 21.0. The fourth-order valence-electron chi connectivity index (χ4n) is 4.38. The fraction of sp³-hybridized carbons (Fsp3) is 0.333. The highest BCUT2D eigenvalue weighted by atomic mass is 16.2. The van der Waals surface area contributed by atoms with Gasteiger partial charge in [-0.05, 0) is 48.4 Å². The van der Waals surface area contributed by atoms with E-state index in [9.17, 15) is 4.79 Å². The van der Waals surface area contributed by atoms with Crippen molar-refractivity contribution in [2.45, 2.75) is 44.7 Å². The Kier molecular flexibility index (Phi) is 5.48. The standard InChI is InChI=1S/C24H26N6O/c31-23(14-8-16-30-27-24(26-28-30)18-9-2-1-3-10-18)29-15-7-6-13-22(29)21-17-19-11-4-5-12-20(19)25-21/h1-5,9-12,17,22,25H,6-8,13-16H2. The third-order valence-electron chi connectivity index (χ3n) is 5.97. The van der Waals surface area contributed by atoms with Crippen LogP contribution in [0.25, 0.3) is 22.3 Å². The lowest BCUT2D eigenvalue weighted by Gasteiger charge is -2.35. The van der Waals surface area contributed by atoms with E-state index in [4.69, 9.17) is 0 Å². The molecule has 0 saturated carbocycles. The van der Waals surface area contributed by atoms with Crippen LogP contribution in [0.1, 0.15) is 43.8 Å². The molecule has 7 nitrogen and oxygen atoms in total. The van der Waals surface area contributed by atoms with E-state index in [0.29, 0.717) is 25.2 Å². The van der Waals surface area contributed by atoms with Crippen molar-refractivity contribution in [1.29, 1.82) is 0 Å². The van der Waals surface area contributed by atoms with Crippen LogP contribution >= 0.6 is 0 Å². The molecule has 3 heterocycles. The fourth-order valence-corrected chi connectivity index (χ4v) is 4.38. The van der Waals surface area contributed by atoms with Crippen molar-refractivity contribution < 1.29 is 4.79 Å². The van der Waals surface area contributed by atoms with Crippen LogP contribution < -0.4 is 0 Å². The van der Waals surface area contributed by atoms with Crippen molar-refractivity contribution >= 4 is 16.8 Å². The maximum Gasteiger partial charge on any atom is 0.223 e. The van der Waals surface area contributed by atoms with Crippen LogP contribution in [0.2, 0.25) is 0 Å². The number of fused-ring (bicyclic) bond motifs is 1. The molecule has 0 spiro atoms. The Hall–Kier alpha value is -3.48. The minimum atomic E-state index is 0.128. The summed E-state index contributed by atoms with van der Waals surface area (Å²) in [5, 5.41) is 13.9. The largest absolute Gasteiger partial charge is 0.357 e. The number of hydrogen-bond acceptors (Lipinski definition) is 4. The van der Waals surface area contributed by atoms with Gasteiger partial charge in [0.1, 0.15) is 0 Å². The van der Waals surface area contributed by atoms with Crippen LogP contribution in [0.3, 0.4) is 0 Å². The average molecular weight is 415 g/mol. The lowest BCUT2D eigenvalue weighted by Crippen LogP contribution is -2.38. The Morgan fingerprint density at radius 1 is 1.06 bits per heavy atom. The first-order valence-electron chi connectivity index (χ1n) is 11.0. The lowest BCUT2D eigenvalue weighted by molar-refractivity contribution is -0.135. The van der Waals surface area contributed by atoms with Gasteiger partial charge in [0.15, 0.2) is 0 Å². The molecule has 5 rings (SSSR count). The number of amides is 1. The SMILES string of the molecule is O=C(CCCn1nnc(-c2ccccc2)n1)N1CCCCC1c1cc2ccccc2[nH]1. The lowest BCUT2D eigenvalue weighted by atomic mass is 9.98. The van der Waals surface area contributed by atoms with Crippen molar-refractivity contribution in [3.8, 4) is 11.4 Å². The Bertz CT molecular complexity index is 1130. The molecule has 0 radical (unpaired) electrons. The topological polar surface area (TPSA) is 79.7 Å². The van der Waals surface area contributed by atoms with Gasteiger partial charge in [0.25, 0.3) is 0 Å². The number of aryl methyl sites for hydroxylation is 1. The van der Waals surface area contributed by atoms with Gasteiger partial charge in [-0.15, -0.1) is 10.2 Å². The highest BCUT2D eigenvalue weighted by Crippen LogP contribution is 2.32. The van der Waals surface area contributed by atoms with Gasteiger partial charge in [0.05, 0.1) is 12.6 Å². The molecule has 2 aromatic carbocycles. The van der Waals surface area contributed by atoms with Crippen LogP contribution in [0.15, 0.2) is 60.7 Å². The summed E-state index contributed by atoms with van der Waals surface area (Å²) in [7, 11) is 0. The minimum absolute atomic E-state index is 0.128. The number of rotatable bonds is 6. The second kappa shape index (κ2) is 8.71. The van der Waals surface area contributed by atoms with Gasteiger partial charge in [-0.1, -0.05) is 48.5 Å². The highest BCUT2D eigenvalue weighted by molar-refractivity contribution is 5.81. The molecule has 0 bridgehead atoms. The van der Waals surface area contributed by atoms with Gasteiger partial charge in [0.2, 0.25) is 11.7 Å². The molecular weight excluding hydrogens is 388 g/mol. The Morgan fingerprint density at radius 2 is 1.90 bits per heavy atom. The molecule has 1 aliphatic heterocycles. The zero-order valence-corrected chi connectivity index (χ0v) is 17.4. The molecule has 1 amide bonds. The van der Waals surface area contributed by atoms with E-state index in [-0.39, 0.29) is 11.9 Å². The van der Waals surface area contributed by atoms with Crippen LogP contribution in [0.4, 0.5) is 0 Å². The highest BCUT2D eigenvalue weighted by Gasteiger charge is 2.28. The van der Waals surface area contributed by atoms with E-state index < -0.39 is 0 Å². The normalized spacial score (nSPS) is 16.6. The number of carbonyl (C=O) groups excluding carboxylic acids is 1. The maximum atomic E-state index is 13.1. The van der Waals surface area contributed by atoms with Gasteiger partial charge in [-0.3, -0.25) is 4.79 Å². The van der Waals surface area contributed by atoms with Crippen LogP contribution in [-0.4, -0.2) is 42.5 Å². The first kappa shape index (κ1) is 19.5. The number of carbonyl (C=O) groups is 1. The van der Waals surface area contributed by atoms with Gasteiger partial charge >= 0.3 is 0 Å². The zero-order valence-electron chi connectivity index (χ0n) is 17.4. The number of aromatic nitrogens is 5. The molecule has 2 aromatic heterocycles. The summed E-state index contributed by atoms with van der Waals surface area (Å²) in [5.41, 5.74) is 3.21. The molecule has 7 heteroatoms. The predicted molar refractivity (Wildman–Crippen MR) is 119 cm³/mol. The summed E-state index contributed by atoms with van der Waals surface area (Å²) >= 11 is 0. The molecule has 1 unspecified atom stereocenters. The molecule has 1 fully saturated rings. The number of nitrogens with zero attached hydrogens (tertiary/aromatic N) is 5. The van der Waals surface area contributed by atoms with E-state index in [1.54, 1.807) is 4.80 Å². The van der Waals surface area contributed by atoms with Crippen molar-refractivity contribution in [1.82, 2.24) is 30.1 Å². The van der Waals surface area contributed by atoms with E-state index in [1.165, 1.54) is 5.39 Å². The summed E-state index contributed by atoms with van der Waals surface area (Å²) in [6.45, 7) is 1.40. The second-order valence-corrected chi connectivity index (χ2v) is 8.09. The van der Waals surface area contributed by atoms with E-state index in [1.807, 2.05) is 42.5 Å². The number of H-pyrrole nitrogens is 1. The first-order valence-corrected chi connectivity index (χ1v) is 11.0. The van der Waals surface area contributed by atoms with Crippen LogP contribution in [0.5, 0.6) is 0 Å². The number of benzene rings is 2. The monoisotopic (exact) mass is 414 g/mol. The number of hydrogen-bond donors (Lipinski definition) is 1.